The molecule has 1 fully saturated rings. The van der Waals surface area contributed by atoms with E-state index < -0.39 is 41.2 Å². The van der Waals surface area contributed by atoms with Crippen LogP contribution in [0.3, 0.4) is 0 Å². The quantitative estimate of drug-likeness (QED) is 0.855. The minimum Gasteiger partial charge on any atom is -0.370 e. The summed E-state index contributed by atoms with van der Waals surface area (Å²) in [6.45, 7) is 0.248. The number of hydrogen-bond acceptors (Lipinski definition) is 5. The lowest BCUT2D eigenvalue weighted by Gasteiger charge is -2.35. The van der Waals surface area contributed by atoms with E-state index in [4.69, 9.17) is 11.5 Å². The molecule has 2 heterocycles. The first-order valence-corrected chi connectivity index (χ1v) is 6.99. The Morgan fingerprint density at radius 1 is 1.35 bits per heavy atom. The van der Waals surface area contributed by atoms with E-state index in [0.29, 0.717) is 12.8 Å². The van der Waals surface area contributed by atoms with Crippen LogP contribution in [-0.2, 0) is 11.0 Å². The van der Waals surface area contributed by atoms with Gasteiger partial charge in [-0.1, -0.05) is 0 Å². The van der Waals surface area contributed by atoms with Crippen LogP contribution in [-0.4, -0.2) is 39.3 Å². The third-order valence-corrected chi connectivity index (χ3v) is 3.63. The van der Waals surface area contributed by atoms with Gasteiger partial charge in [0.2, 0.25) is 11.9 Å². The fourth-order valence-corrected chi connectivity index (χ4v) is 2.64. The first kappa shape index (κ1) is 17.0. The van der Waals surface area contributed by atoms with Gasteiger partial charge in [-0.05, 0) is 19.3 Å². The Kier molecular flexibility index (Phi) is 4.71. The minimum absolute atomic E-state index is 0.0943. The van der Waals surface area contributed by atoms with Gasteiger partial charge in [-0.3, -0.25) is 9.59 Å². The van der Waals surface area contributed by atoms with E-state index in [9.17, 15) is 22.8 Å². The predicted molar refractivity (Wildman–Crippen MR) is 73.9 cm³/mol. The lowest BCUT2D eigenvalue weighted by atomic mass is 9.98. The van der Waals surface area contributed by atoms with E-state index in [1.54, 1.807) is 0 Å². The molecule has 7 nitrogen and oxygen atoms in total. The molecule has 1 aromatic rings. The van der Waals surface area contributed by atoms with E-state index in [1.165, 1.54) is 4.90 Å². The number of nitrogen functional groups attached to an aromatic ring is 1. The zero-order valence-electron chi connectivity index (χ0n) is 12.1. The van der Waals surface area contributed by atoms with Gasteiger partial charge in [-0.2, -0.15) is 13.2 Å². The van der Waals surface area contributed by atoms with Gasteiger partial charge < -0.3 is 16.4 Å². The maximum absolute atomic E-state index is 13.1. The molecule has 0 spiro atoms. The summed E-state index contributed by atoms with van der Waals surface area (Å²) in [5.41, 5.74) is 8.28. The molecule has 23 heavy (non-hydrogen) atoms. The first-order valence-electron chi connectivity index (χ1n) is 6.99. The van der Waals surface area contributed by atoms with E-state index >= 15 is 0 Å². The van der Waals surface area contributed by atoms with Crippen molar-refractivity contribution in [2.75, 3.05) is 12.3 Å². The highest BCUT2D eigenvalue weighted by Crippen LogP contribution is 2.32. The van der Waals surface area contributed by atoms with Crippen LogP contribution in [0.25, 0.3) is 0 Å². The van der Waals surface area contributed by atoms with E-state index in [2.05, 4.69) is 9.97 Å². The number of aromatic nitrogens is 2. The molecule has 1 aliphatic heterocycles. The molecule has 2 amide bonds. The fourth-order valence-electron chi connectivity index (χ4n) is 2.64. The summed E-state index contributed by atoms with van der Waals surface area (Å²) in [6, 6.07) is -0.521. The van der Waals surface area contributed by atoms with Crippen molar-refractivity contribution in [3.05, 3.63) is 17.5 Å². The second-order valence-corrected chi connectivity index (χ2v) is 5.31. The summed E-state index contributed by atoms with van der Waals surface area (Å²) in [5.74, 6) is -2.05. The van der Waals surface area contributed by atoms with Crippen LogP contribution in [0.2, 0.25) is 0 Å². The lowest BCUT2D eigenvalue weighted by Crippen LogP contribution is -2.46. The highest BCUT2D eigenvalue weighted by Gasteiger charge is 2.40. The molecule has 0 bridgehead atoms. The van der Waals surface area contributed by atoms with Crippen LogP contribution in [0.5, 0.6) is 0 Å². The van der Waals surface area contributed by atoms with Crippen LogP contribution in [0.1, 0.15) is 41.7 Å². The molecule has 0 saturated carbocycles. The van der Waals surface area contributed by atoms with Crippen LogP contribution >= 0.6 is 0 Å². The number of carbonyl (C=O) groups is 2. The summed E-state index contributed by atoms with van der Waals surface area (Å²) < 4.78 is 39.2. The molecule has 4 N–H and O–H groups in total. The molecule has 1 aromatic heterocycles. The Bertz CT molecular complexity index is 620. The van der Waals surface area contributed by atoms with E-state index in [0.717, 1.165) is 12.6 Å². The molecule has 0 radical (unpaired) electrons. The summed E-state index contributed by atoms with van der Waals surface area (Å²) in [4.78, 5) is 31.5. The minimum atomic E-state index is -4.84. The molecule has 10 heteroatoms. The lowest BCUT2D eigenvalue weighted by molar-refractivity contribution is -0.141. The molecule has 1 saturated heterocycles. The average molecular weight is 331 g/mol. The molecule has 126 valence electrons. The molecular formula is C13H16F3N5O2. The molecule has 1 aliphatic rings. The Labute approximate surface area is 129 Å². The largest absolute Gasteiger partial charge is 0.434 e. The Morgan fingerprint density at radius 3 is 2.65 bits per heavy atom. The van der Waals surface area contributed by atoms with Crippen LogP contribution < -0.4 is 11.5 Å². The Morgan fingerprint density at radius 2 is 2.04 bits per heavy atom. The molecular weight excluding hydrogens is 315 g/mol. The topological polar surface area (TPSA) is 115 Å². The van der Waals surface area contributed by atoms with Gasteiger partial charge in [0.15, 0.2) is 5.69 Å². The number of amides is 2. The third kappa shape index (κ3) is 3.88. The Balaban J connectivity index is 2.37. The van der Waals surface area contributed by atoms with Crippen molar-refractivity contribution in [3.8, 4) is 0 Å². The fraction of sp³-hybridized carbons (Fsp3) is 0.538. The zero-order chi connectivity index (χ0) is 17.2. The van der Waals surface area contributed by atoms with Crippen LogP contribution in [0, 0.1) is 0 Å². The highest BCUT2D eigenvalue weighted by atomic mass is 19.4. The van der Waals surface area contributed by atoms with Crippen LogP contribution in [0.4, 0.5) is 19.1 Å². The smallest absolute Gasteiger partial charge is 0.370 e. The number of alkyl halides is 3. The molecule has 0 aromatic carbocycles. The van der Waals surface area contributed by atoms with Crippen molar-refractivity contribution in [3.63, 3.8) is 0 Å². The number of rotatable bonds is 3. The van der Waals surface area contributed by atoms with Gasteiger partial charge in [0, 0.05) is 25.2 Å². The standard InChI is InChI=1S/C13H16F3N5O2/c14-13(15,16)10-8(6-19-12(18)20-10)11(23)21-4-2-1-3-7(21)5-9(17)22/h6-7H,1-5H2,(H2,17,22)(H2,18,19,20)/t7-/m1/s1. The highest BCUT2D eigenvalue weighted by molar-refractivity contribution is 5.96. The van der Waals surface area contributed by atoms with Gasteiger partial charge in [-0.15, -0.1) is 0 Å². The van der Waals surface area contributed by atoms with Gasteiger partial charge in [0.05, 0.1) is 5.56 Å². The summed E-state index contributed by atoms with van der Waals surface area (Å²) in [6.07, 6.45) is -2.25. The average Bonchev–Trinajstić information content (AvgIpc) is 2.45. The SMILES string of the molecule is NC(=O)C[C@H]1CCCCN1C(=O)c1cnc(N)nc1C(F)(F)F. The summed E-state index contributed by atoms with van der Waals surface area (Å²) in [7, 11) is 0. The molecule has 0 unspecified atom stereocenters. The number of primary amides is 1. The van der Waals surface area contributed by atoms with E-state index in [1.807, 2.05) is 0 Å². The number of hydrogen-bond donors (Lipinski definition) is 2. The van der Waals surface area contributed by atoms with Gasteiger partial charge in [0.1, 0.15) is 0 Å². The summed E-state index contributed by atoms with van der Waals surface area (Å²) in [5, 5.41) is 0. The van der Waals surface area contributed by atoms with Crippen molar-refractivity contribution in [2.24, 2.45) is 5.73 Å². The van der Waals surface area contributed by atoms with Crippen molar-refractivity contribution < 1.29 is 22.8 Å². The second kappa shape index (κ2) is 6.39. The van der Waals surface area contributed by atoms with Crippen molar-refractivity contribution >= 4 is 17.8 Å². The van der Waals surface area contributed by atoms with Gasteiger partial charge >= 0.3 is 6.18 Å². The van der Waals surface area contributed by atoms with Crippen LogP contribution in [0.15, 0.2) is 6.20 Å². The number of halogens is 3. The van der Waals surface area contributed by atoms with Gasteiger partial charge in [-0.25, -0.2) is 9.97 Å². The van der Waals surface area contributed by atoms with Crippen molar-refractivity contribution in [1.29, 1.82) is 0 Å². The van der Waals surface area contributed by atoms with Gasteiger partial charge in [0.25, 0.3) is 5.91 Å². The van der Waals surface area contributed by atoms with E-state index in [-0.39, 0.29) is 13.0 Å². The second-order valence-electron chi connectivity index (χ2n) is 5.31. The number of nitrogens with zero attached hydrogens (tertiary/aromatic N) is 3. The van der Waals surface area contributed by atoms with Crippen molar-refractivity contribution in [1.82, 2.24) is 14.9 Å². The monoisotopic (exact) mass is 331 g/mol. The number of likely N-dealkylation sites (tertiary alicyclic amines) is 1. The van der Waals surface area contributed by atoms with Crippen molar-refractivity contribution in [2.45, 2.75) is 37.9 Å². The normalized spacial score (nSPS) is 18.7. The first-order chi connectivity index (χ1) is 10.7. The molecule has 2 rings (SSSR count). The maximum Gasteiger partial charge on any atom is 0.434 e. The number of nitrogens with two attached hydrogens (primary N) is 2. The Hall–Kier alpha value is -2.39. The number of carbonyl (C=O) groups excluding carboxylic acids is 2. The predicted octanol–water partition coefficient (Wildman–Crippen LogP) is 0.948. The number of anilines is 1. The maximum atomic E-state index is 13.1. The number of piperidine rings is 1. The zero-order valence-corrected chi connectivity index (χ0v) is 12.1. The summed E-state index contributed by atoms with van der Waals surface area (Å²) >= 11 is 0. The molecule has 0 aliphatic carbocycles. The third-order valence-electron chi connectivity index (χ3n) is 3.63. The molecule has 1 atom stereocenters.